The van der Waals surface area contributed by atoms with E-state index < -0.39 is 0 Å². The largest absolute Gasteiger partial charge is 0.346 e. The molecule has 0 saturated carbocycles. The summed E-state index contributed by atoms with van der Waals surface area (Å²) in [6, 6.07) is 13.4. The van der Waals surface area contributed by atoms with Crippen LogP contribution < -0.4 is 15.1 Å². The Morgan fingerprint density at radius 2 is 2.00 bits per heavy atom. The Kier molecular flexibility index (Phi) is 5.69. The molecule has 0 unspecified atom stereocenters. The summed E-state index contributed by atoms with van der Waals surface area (Å²) in [6.07, 6.45) is 0. The number of nitrogens with zero attached hydrogens (tertiary/aromatic N) is 3. The molecule has 0 aliphatic carbocycles. The van der Waals surface area contributed by atoms with E-state index in [0.717, 1.165) is 48.1 Å². The van der Waals surface area contributed by atoms with Gasteiger partial charge < -0.3 is 15.1 Å². The van der Waals surface area contributed by atoms with Crippen molar-refractivity contribution in [3.8, 4) is 6.07 Å². The number of aromatic nitrogens is 1. The van der Waals surface area contributed by atoms with Crippen molar-refractivity contribution in [1.29, 1.82) is 5.26 Å². The van der Waals surface area contributed by atoms with E-state index in [1.165, 1.54) is 28.4 Å². The van der Waals surface area contributed by atoms with Crippen molar-refractivity contribution in [1.82, 2.24) is 10.3 Å². The van der Waals surface area contributed by atoms with Gasteiger partial charge in [0.15, 0.2) is 5.13 Å². The summed E-state index contributed by atoms with van der Waals surface area (Å²) < 4.78 is 14.3. The van der Waals surface area contributed by atoms with E-state index in [1.54, 1.807) is 30.3 Å². The molecule has 0 spiro atoms. The number of piperazine rings is 1. The molecule has 148 valence electrons. The first-order chi connectivity index (χ1) is 14.1. The maximum absolute atomic E-state index is 13.4. The van der Waals surface area contributed by atoms with Gasteiger partial charge in [-0.2, -0.15) is 5.26 Å². The van der Waals surface area contributed by atoms with E-state index in [0.29, 0.717) is 17.7 Å². The highest BCUT2D eigenvalue weighted by Gasteiger charge is 2.22. The summed E-state index contributed by atoms with van der Waals surface area (Å²) >= 11 is 1.53. The Hall–Kier alpha value is -3.02. The zero-order valence-electron chi connectivity index (χ0n) is 15.8. The van der Waals surface area contributed by atoms with Gasteiger partial charge in [0.2, 0.25) is 0 Å². The quantitative estimate of drug-likeness (QED) is 0.668. The number of hydrogen-bond acceptors (Lipinski definition) is 5. The number of carbonyl (C=O) groups excluding carboxylic acids is 1. The first-order valence-electron chi connectivity index (χ1n) is 9.55. The molecule has 2 heterocycles. The van der Waals surface area contributed by atoms with Crippen molar-refractivity contribution in [2.75, 3.05) is 44.2 Å². The van der Waals surface area contributed by atoms with Crippen LogP contribution in [0.2, 0.25) is 0 Å². The first-order valence-corrected chi connectivity index (χ1v) is 10.4. The van der Waals surface area contributed by atoms with Crippen LogP contribution in [0.5, 0.6) is 0 Å². The van der Waals surface area contributed by atoms with Gasteiger partial charge in [-0.1, -0.05) is 11.3 Å². The van der Waals surface area contributed by atoms with Crippen LogP contribution in [-0.4, -0.2) is 50.2 Å². The number of rotatable bonds is 5. The fraction of sp³-hybridized carbons (Fsp3) is 0.286. The number of fused-ring (bicyclic) bond motifs is 1. The van der Waals surface area contributed by atoms with Gasteiger partial charge in [-0.15, -0.1) is 0 Å². The molecule has 0 radical (unpaired) electrons. The lowest BCUT2D eigenvalue weighted by molar-refractivity contribution is -0.899. The number of amides is 1. The summed E-state index contributed by atoms with van der Waals surface area (Å²) in [5, 5.41) is 12.7. The molecule has 3 aromatic rings. The molecule has 1 saturated heterocycles. The lowest BCUT2D eigenvalue weighted by Gasteiger charge is -2.32. The van der Waals surface area contributed by atoms with Gasteiger partial charge in [0.1, 0.15) is 5.82 Å². The van der Waals surface area contributed by atoms with Crippen LogP contribution in [0.25, 0.3) is 10.2 Å². The van der Waals surface area contributed by atoms with Gasteiger partial charge in [0.25, 0.3) is 5.91 Å². The standard InChI is InChI=1S/C21H20FN5OS/c22-17-5-6-18-19(13-17)29-21(25-18)27-11-9-26(10-12-27)8-7-24-20(28)16-3-1-15(14-23)2-4-16/h1-6,13H,7-12H2,(H,24,28)/p+1. The van der Waals surface area contributed by atoms with Gasteiger partial charge >= 0.3 is 0 Å². The normalized spacial score (nSPS) is 14.7. The monoisotopic (exact) mass is 410 g/mol. The number of quaternary nitrogens is 1. The van der Waals surface area contributed by atoms with Crippen molar-refractivity contribution < 1.29 is 14.1 Å². The van der Waals surface area contributed by atoms with E-state index >= 15 is 0 Å². The van der Waals surface area contributed by atoms with Gasteiger partial charge in [-0.25, -0.2) is 9.37 Å². The summed E-state index contributed by atoms with van der Waals surface area (Å²) in [6.45, 7) is 5.19. The van der Waals surface area contributed by atoms with Crippen LogP contribution >= 0.6 is 11.3 Å². The summed E-state index contributed by atoms with van der Waals surface area (Å²) in [5.41, 5.74) is 1.95. The number of halogens is 1. The van der Waals surface area contributed by atoms with Gasteiger partial charge in [0.05, 0.1) is 61.1 Å². The highest BCUT2D eigenvalue weighted by molar-refractivity contribution is 7.22. The van der Waals surface area contributed by atoms with E-state index in [-0.39, 0.29) is 11.7 Å². The molecule has 0 bridgehead atoms. The van der Waals surface area contributed by atoms with Crippen LogP contribution in [0.15, 0.2) is 42.5 Å². The SMILES string of the molecule is N#Cc1ccc(C(=O)NCC[NH+]2CCN(c3nc4ccc(F)cc4s3)CC2)cc1. The minimum Gasteiger partial charge on any atom is -0.346 e. The molecule has 8 heteroatoms. The lowest BCUT2D eigenvalue weighted by atomic mass is 10.1. The van der Waals surface area contributed by atoms with Crippen molar-refractivity contribution >= 4 is 32.6 Å². The number of hydrogen-bond donors (Lipinski definition) is 2. The number of nitrogens with one attached hydrogen (secondary N) is 2. The molecule has 0 atom stereocenters. The fourth-order valence-corrected chi connectivity index (χ4v) is 4.48. The second-order valence-electron chi connectivity index (χ2n) is 7.04. The zero-order valence-corrected chi connectivity index (χ0v) is 16.6. The third-order valence-corrected chi connectivity index (χ3v) is 6.20. The predicted octanol–water partition coefficient (Wildman–Crippen LogP) is 1.44. The molecular formula is C21H21FN5OS+. The van der Waals surface area contributed by atoms with E-state index in [4.69, 9.17) is 5.26 Å². The number of carbonyl (C=O) groups is 1. The zero-order chi connectivity index (χ0) is 20.2. The fourth-order valence-electron chi connectivity index (χ4n) is 3.44. The third-order valence-electron chi connectivity index (χ3n) is 5.12. The molecule has 1 aliphatic heterocycles. The highest BCUT2D eigenvalue weighted by atomic mass is 32.1. The highest BCUT2D eigenvalue weighted by Crippen LogP contribution is 2.29. The molecule has 1 amide bonds. The maximum Gasteiger partial charge on any atom is 0.251 e. The van der Waals surface area contributed by atoms with E-state index in [2.05, 4.69) is 15.2 Å². The lowest BCUT2D eigenvalue weighted by Crippen LogP contribution is -3.15. The van der Waals surface area contributed by atoms with Crippen LogP contribution in [0.3, 0.4) is 0 Å². The summed E-state index contributed by atoms with van der Waals surface area (Å²) in [4.78, 5) is 20.5. The van der Waals surface area contributed by atoms with Crippen molar-refractivity contribution in [2.45, 2.75) is 0 Å². The second-order valence-corrected chi connectivity index (χ2v) is 8.05. The van der Waals surface area contributed by atoms with Crippen LogP contribution in [-0.2, 0) is 0 Å². The van der Waals surface area contributed by atoms with Crippen LogP contribution in [0.4, 0.5) is 9.52 Å². The Bertz CT molecular complexity index is 1050. The van der Waals surface area contributed by atoms with Gasteiger partial charge in [-0.05, 0) is 42.5 Å². The molecule has 1 aliphatic rings. The third kappa shape index (κ3) is 4.53. The topological polar surface area (TPSA) is 73.5 Å². The Morgan fingerprint density at radius 1 is 1.24 bits per heavy atom. The molecule has 4 rings (SSSR count). The minimum absolute atomic E-state index is 0.116. The molecule has 29 heavy (non-hydrogen) atoms. The summed E-state index contributed by atoms with van der Waals surface area (Å²) in [5.74, 6) is -0.348. The predicted molar refractivity (Wildman–Crippen MR) is 111 cm³/mol. The van der Waals surface area contributed by atoms with E-state index in [9.17, 15) is 9.18 Å². The summed E-state index contributed by atoms with van der Waals surface area (Å²) in [7, 11) is 0. The molecular weight excluding hydrogens is 389 g/mol. The number of benzene rings is 2. The Balaban J connectivity index is 1.24. The van der Waals surface area contributed by atoms with Gasteiger partial charge in [0, 0.05) is 5.56 Å². The number of anilines is 1. The number of thiazole rings is 1. The van der Waals surface area contributed by atoms with Crippen LogP contribution in [0.1, 0.15) is 15.9 Å². The Morgan fingerprint density at radius 3 is 2.72 bits per heavy atom. The van der Waals surface area contributed by atoms with Crippen molar-refractivity contribution in [3.05, 3.63) is 59.4 Å². The molecule has 2 N–H and O–H groups in total. The molecule has 1 fully saturated rings. The Labute approximate surface area is 172 Å². The smallest absolute Gasteiger partial charge is 0.251 e. The van der Waals surface area contributed by atoms with Crippen molar-refractivity contribution in [2.24, 2.45) is 0 Å². The second kappa shape index (κ2) is 8.55. The molecule has 1 aromatic heterocycles. The molecule has 2 aromatic carbocycles. The average Bonchev–Trinajstić information content (AvgIpc) is 3.17. The number of nitriles is 1. The maximum atomic E-state index is 13.4. The minimum atomic E-state index is -0.231. The van der Waals surface area contributed by atoms with Crippen molar-refractivity contribution in [3.63, 3.8) is 0 Å². The average molecular weight is 410 g/mol. The first kappa shape index (κ1) is 19.3. The van der Waals surface area contributed by atoms with E-state index in [1.807, 2.05) is 6.07 Å². The van der Waals surface area contributed by atoms with Gasteiger partial charge in [-0.3, -0.25) is 4.79 Å². The molecule has 6 nitrogen and oxygen atoms in total. The van der Waals surface area contributed by atoms with Crippen LogP contribution in [0, 0.1) is 17.1 Å².